The molecule has 1 heterocycles. The number of benzene rings is 1. The van der Waals surface area contributed by atoms with Crippen molar-refractivity contribution in [3.63, 3.8) is 0 Å². The van der Waals surface area contributed by atoms with Crippen molar-refractivity contribution in [3.8, 4) is 0 Å². The van der Waals surface area contributed by atoms with Gasteiger partial charge in [-0.15, -0.1) is 0 Å². The molecule has 1 N–H and O–H groups in total. The van der Waals surface area contributed by atoms with Gasteiger partial charge < -0.3 is 5.32 Å². The van der Waals surface area contributed by atoms with Gasteiger partial charge in [0, 0.05) is 29.2 Å². The van der Waals surface area contributed by atoms with Crippen LogP contribution in [0, 0.1) is 6.92 Å². The molecule has 2 rings (SSSR count). The minimum Gasteiger partial charge on any atom is -0.370 e. The second-order valence-corrected chi connectivity index (χ2v) is 4.96. The summed E-state index contributed by atoms with van der Waals surface area (Å²) in [5, 5.41) is 3.23. The van der Waals surface area contributed by atoms with Crippen LogP contribution in [-0.2, 0) is 6.42 Å². The smallest absolute Gasteiger partial charge is 0.135 e. The maximum atomic E-state index is 4.52. The predicted molar refractivity (Wildman–Crippen MR) is 77.9 cm³/mol. The van der Waals surface area contributed by atoms with Crippen molar-refractivity contribution in [1.82, 2.24) is 9.97 Å². The molecule has 0 spiro atoms. The minimum atomic E-state index is 0.738. The zero-order valence-electron chi connectivity index (χ0n) is 10.6. The summed E-state index contributed by atoms with van der Waals surface area (Å²) in [6.07, 6.45) is 0.738. The molecule has 0 saturated carbocycles. The topological polar surface area (TPSA) is 37.8 Å². The molecule has 0 bridgehead atoms. The number of hydrogen-bond acceptors (Lipinski definition) is 3. The second-order valence-electron chi connectivity index (χ2n) is 4.11. The van der Waals surface area contributed by atoms with Gasteiger partial charge in [0.25, 0.3) is 0 Å². The lowest BCUT2D eigenvalue weighted by Crippen LogP contribution is -2.05. The number of aryl methyl sites for hydroxylation is 1. The van der Waals surface area contributed by atoms with Crippen LogP contribution >= 0.6 is 15.9 Å². The van der Waals surface area contributed by atoms with E-state index in [0.717, 1.165) is 34.8 Å². The van der Waals surface area contributed by atoms with Crippen LogP contribution in [0.3, 0.4) is 0 Å². The predicted octanol–water partition coefficient (Wildman–Crippen LogP) is 3.57. The summed E-state index contributed by atoms with van der Waals surface area (Å²) >= 11 is 3.55. The van der Waals surface area contributed by atoms with Crippen molar-refractivity contribution < 1.29 is 0 Å². The molecule has 1 aromatic heterocycles. The average molecular weight is 306 g/mol. The highest BCUT2D eigenvalue weighted by atomic mass is 79.9. The Hall–Kier alpha value is -1.42. The first-order valence-electron chi connectivity index (χ1n) is 6.01. The van der Waals surface area contributed by atoms with E-state index in [-0.39, 0.29) is 0 Å². The summed E-state index contributed by atoms with van der Waals surface area (Å²) in [6, 6.07) is 10.1. The molecule has 1 aromatic carbocycles. The Morgan fingerprint density at radius 2 is 2.00 bits per heavy atom. The minimum absolute atomic E-state index is 0.738. The van der Waals surface area contributed by atoms with Crippen LogP contribution in [0.15, 0.2) is 34.8 Å². The van der Waals surface area contributed by atoms with Crippen LogP contribution in [0.25, 0.3) is 0 Å². The van der Waals surface area contributed by atoms with Crippen LogP contribution in [-0.4, -0.2) is 16.5 Å². The van der Waals surface area contributed by atoms with E-state index in [1.807, 2.05) is 31.2 Å². The SMILES string of the molecule is CCNc1cc(C)nc(Cc2ccccc2Br)n1. The number of nitrogens with one attached hydrogen (secondary N) is 1. The highest BCUT2D eigenvalue weighted by Gasteiger charge is 2.05. The van der Waals surface area contributed by atoms with Gasteiger partial charge in [-0.05, 0) is 25.5 Å². The highest BCUT2D eigenvalue weighted by molar-refractivity contribution is 9.10. The molecule has 0 aliphatic heterocycles. The summed E-state index contributed by atoms with van der Waals surface area (Å²) in [5.41, 5.74) is 2.19. The zero-order valence-corrected chi connectivity index (χ0v) is 12.2. The lowest BCUT2D eigenvalue weighted by molar-refractivity contribution is 0.935. The number of hydrogen-bond donors (Lipinski definition) is 1. The van der Waals surface area contributed by atoms with Gasteiger partial charge in [0.05, 0.1) is 0 Å². The highest BCUT2D eigenvalue weighted by Crippen LogP contribution is 2.19. The van der Waals surface area contributed by atoms with Crippen molar-refractivity contribution in [2.75, 3.05) is 11.9 Å². The molecule has 0 amide bonds. The van der Waals surface area contributed by atoms with E-state index < -0.39 is 0 Å². The van der Waals surface area contributed by atoms with E-state index in [1.54, 1.807) is 0 Å². The zero-order chi connectivity index (χ0) is 13.0. The Balaban J connectivity index is 2.26. The van der Waals surface area contributed by atoms with Gasteiger partial charge in [-0.1, -0.05) is 34.1 Å². The Labute approximate surface area is 116 Å². The van der Waals surface area contributed by atoms with E-state index in [9.17, 15) is 0 Å². The van der Waals surface area contributed by atoms with Crippen LogP contribution in [0.1, 0.15) is 24.0 Å². The van der Waals surface area contributed by atoms with Gasteiger partial charge in [-0.25, -0.2) is 9.97 Å². The molecule has 0 unspecified atom stereocenters. The molecule has 0 radical (unpaired) electrons. The normalized spacial score (nSPS) is 10.4. The number of rotatable bonds is 4. The average Bonchev–Trinajstić information content (AvgIpc) is 2.32. The largest absolute Gasteiger partial charge is 0.370 e. The fourth-order valence-electron chi connectivity index (χ4n) is 1.79. The molecule has 2 aromatic rings. The van der Waals surface area contributed by atoms with Crippen LogP contribution in [0.2, 0.25) is 0 Å². The second kappa shape index (κ2) is 5.96. The maximum absolute atomic E-state index is 4.52. The molecule has 18 heavy (non-hydrogen) atoms. The molecule has 0 aliphatic rings. The molecular formula is C14H16BrN3. The molecule has 3 nitrogen and oxygen atoms in total. The van der Waals surface area contributed by atoms with E-state index >= 15 is 0 Å². The summed E-state index contributed by atoms with van der Waals surface area (Å²) in [5.74, 6) is 1.74. The Morgan fingerprint density at radius 3 is 2.72 bits per heavy atom. The first-order valence-corrected chi connectivity index (χ1v) is 6.80. The summed E-state index contributed by atoms with van der Waals surface area (Å²) in [4.78, 5) is 9.00. The van der Waals surface area contributed by atoms with Crippen molar-refractivity contribution in [1.29, 1.82) is 0 Å². The Bertz CT molecular complexity index is 540. The summed E-state index contributed by atoms with van der Waals surface area (Å²) in [6.45, 7) is 4.92. The van der Waals surface area contributed by atoms with Crippen molar-refractivity contribution >= 4 is 21.7 Å². The van der Waals surface area contributed by atoms with Crippen LogP contribution in [0.4, 0.5) is 5.82 Å². The standard InChI is InChI=1S/C14H16BrN3/c1-3-16-13-8-10(2)17-14(18-13)9-11-6-4-5-7-12(11)15/h4-8H,3,9H2,1-2H3,(H,16,17,18). The molecule has 94 valence electrons. The summed E-state index contributed by atoms with van der Waals surface area (Å²) < 4.78 is 1.10. The number of aromatic nitrogens is 2. The molecule has 0 aliphatic carbocycles. The summed E-state index contributed by atoms with van der Waals surface area (Å²) in [7, 11) is 0. The Kier molecular flexibility index (Phi) is 4.31. The van der Waals surface area contributed by atoms with E-state index in [2.05, 4.69) is 44.2 Å². The maximum Gasteiger partial charge on any atom is 0.135 e. The number of anilines is 1. The monoisotopic (exact) mass is 305 g/mol. The molecular weight excluding hydrogens is 290 g/mol. The van der Waals surface area contributed by atoms with Gasteiger partial charge >= 0.3 is 0 Å². The third kappa shape index (κ3) is 3.29. The third-order valence-corrected chi connectivity index (χ3v) is 3.34. The van der Waals surface area contributed by atoms with Crippen LogP contribution < -0.4 is 5.32 Å². The van der Waals surface area contributed by atoms with Crippen molar-refractivity contribution in [2.45, 2.75) is 20.3 Å². The Morgan fingerprint density at radius 1 is 1.22 bits per heavy atom. The number of halogens is 1. The molecule has 0 fully saturated rings. The van der Waals surface area contributed by atoms with Gasteiger partial charge in [0.1, 0.15) is 11.6 Å². The first kappa shape index (κ1) is 13.0. The fraction of sp³-hybridized carbons (Fsp3) is 0.286. The van der Waals surface area contributed by atoms with Gasteiger partial charge in [-0.2, -0.15) is 0 Å². The van der Waals surface area contributed by atoms with Gasteiger partial charge in [0.15, 0.2) is 0 Å². The van der Waals surface area contributed by atoms with E-state index in [0.29, 0.717) is 0 Å². The molecule has 4 heteroatoms. The van der Waals surface area contributed by atoms with Crippen molar-refractivity contribution in [2.24, 2.45) is 0 Å². The lowest BCUT2D eigenvalue weighted by Gasteiger charge is -2.08. The lowest BCUT2D eigenvalue weighted by atomic mass is 10.1. The quantitative estimate of drug-likeness (QED) is 0.938. The fourth-order valence-corrected chi connectivity index (χ4v) is 2.22. The molecule has 0 saturated heterocycles. The third-order valence-electron chi connectivity index (χ3n) is 2.56. The van der Waals surface area contributed by atoms with Gasteiger partial charge in [0.2, 0.25) is 0 Å². The molecule has 0 atom stereocenters. The van der Waals surface area contributed by atoms with Crippen LogP contribution in [0.5, 0.6) is 0 Å². The van der Waals surface area contributed by atoms with E-state index in [4.69, 9.17) is 0 Å². The van der Waals surface area contributed by atoms with Gasteiger partial charge in [-0.3, -0.25) is 0 Å². The first-order chi connectivity index (χ1) is 8.69. The van der Waals surface area contributed by atoms with E-state index in [1.165, 1.54) is 5.56 Å². The van der Waals surface area contributed by atoms with Crippen molar-refractivity contribution in [3.05, 3.63) is 51.9 Å². The number of nitrogens with zero attached hydrogens (tertiary/aromatic N) is 2.